The summed E-state index contributed by atoms with van der Waals surface area (Å²) in [5.74, 6) is 0. The first-order valence-electron chi connectivity index (χ1n) is 4.93. The summed E-state index contributed by atoms with van der Waals surface area (Å²) in [6.45, 7) is 7.48. The van der Waals surface area contributed by atoms with Gasteiger partial charge in [0.2, 0.25) is 0 Å². The smallest absolute Gasteiger partial charge is 0.0406 e. The highest BCUT2D eigenvalue weighted by molar-refractivity contribution is 6.30. The van der Waals surface area contributed by atoms with Crippen molar-refractivity contribution in [1.82, 2.24) is 0 Å². The van der Waals surface area contributed by atoms with Gasteiger partial charge in [-0.25, -0.2) is 0 Å². The second-order valence-electron chi connectivity index (χ2n) is 3.34. The van der Waals surface area contributed by atoms with Crippen LogP contribution in [0.2, 0.25) is 5.02 Å². The van der Waals surface area contributed by atoms with Crippen LogP contribution in [0.3, 0.4) is 0 Å². The molecule has 0 amide bonds. The van der Waals surface area contributed by atoms with E-state index in [2.05, 4.69) is 19.2 Å². The van der Waals surface area contributed by atoms with Gasteiger partial charge in [0.1, 0.15) is 0 Å². The van der Waals surface area contributed by atoms with E-state index in [-0.39, 0.29) is 0 Å². The zero-order chi connectivity index (χ0) is 11.1. The van der Waals surface area contributed by atoms with E-state index in [0.29, 0.717) is 0 Å². The van der Waals surface area contributed by atoms with Crippen LogP contribution >= 0.6 is 11.6 Å². The van der Waals surface area contributed by atoms with E-state index in [1.807, 2.05) is 36.4 Å². The summed E-state index contributed by atoms with van der Waals surface area (Å²) in [6, 6.07) is 7.81. The first kappa shape index (κ1) is 11.8. The number of benzene rings is 1. The molecule has 0 saturated carbocycles. The molecular formula is C14H15Cl. The van der Waals surface area contributed by atoms with Crippen LogP contribution in [0, 0.1) is 0 Å². The average molecular weight is 219 g/mol. The normalized spacial score (nSPS) is 9.40. The molecule has 1 heteroatoms. The molecule has 0 N–H and O–H groups in total. The van der Waals surface area contributed by atoms with Gasteiger partial charge >= 0.3 is 0 Å². The Morgan fingerprint density at radius 2 is 1.60 bits per heavy atom. The van der Waals surface area contributed by atoms with Crippen molar-refractivity contribution in [3.05, 3.63) is 65.7 Å². The lowest BCUT2D eigenvalue weighted by molar-refractivity contribution is 1.13. The second-order valence-corrected chi connectivity index (χ2v) is 3.78. The molecule has 78 valence electrons. The first-order valence-corrected chi connectivity index (χ1v) is 5.31. The van der Waals surface area contributed by atoms with E-state index in [1.54, 1.807) is 0 Å². The molecule has 0 aromatic heterocycles. The van der Waals surface area contributed by atoms with Gasteiger partial charge in [-0.2, -0.15) is 0 Å². The SMILES string of the molecule is C=CCC(=Cc1ccc(Cl)cc1)CC=C. The highest BCUT2D eigenvalue weighted by Crippen LogP contribution is 2.16. The van der Waals surface area contributed by atoms with Gasteiger partial charge in [0.05, 0.1) is 0 Å². The van der Waals surface area contributed by atoms with E-state index in [0.717, 1.165) is 23.4 Å². The van der Waals surface area contributed by atoms with Crippen molar-refractivity contribution in [2.24, 2.45) is 0 Å². The summed E-state index contributed by atoms with van der Waals surface area (Å²) in [5.41, 5.74) is 2.47. The molecule has 15 heavy (non-hydrogen) atoms. The molecule has 1 rings (SSSR count). The van der Waals surface area contributed by atoms with Crippen LogP contribution in [0.5, 0.6) is 0 Å². The lowest BCUT2D eigenvalue weighted by atomic mass is 10.1. The molecule has 0 nitrogen and oxygen atoms in total. The van der Waals surface area contributed by atoms with Gasteiger partial charge in [-0.3, -0.25) is 0 Å². The third-order valence-corrected chi connectivity index (χ3v) is 2.31. The van der Waals surface area contributed by atoms with Gasteiger partial charge in [-0.05, 0) is 30.5 Å². The van der Waals surface area contributed by atoms with Crippen LogP contribution in [0.15, 0.2) is 55.1 Å². The Hall–Kier alpha value is -1.27. The molecule has 1 aromatic carbocycles. The Labute approximate surface area is 96.6 Å². The Morgan fingerprint density at radius 3 is 2.07 bits per heavy atom. The van der Waals surface area contributed by atoms with Crippen molar-refractivity contribution in [3.63, 3.8) is 0 Å². The molecule has 0 bridgehead atoms. The summed E-state index contributed by atoms with van der Waals surface area (Å²) in [7, 11) is 0. The zero-order valence-electron chi connectivity index (χ0n) is 8.75. The van der Waals surface area contributed by atoms with Crippen LogP contribution in [0.1, 0.15) is 18.4 Å². The topological polar surface area (TPSA) is 0 Å². The van der Waals surface area contributed by atoms with Gasteiger partial charge in [0, 0.05) is 5.02 Å². The van der Waals surface area contributed by atoms with Gasteiger partial charge in [0.25, 0.3) is 0 Å². The third-order valence-electron chi connectivity index (χ3n) is 2.05. The van der Waals surface area contributed by atoms with Crippen LogP contribution < -0.4 is 0 Å². The summed E-state index contributed by atoms with van der Waals surface area (Å²) in [4.78, 5) is 0. The summed E-state index contributed by atoms with van der Waals surface area (Å²) >= 11 is 5.82. The van der Waals surface area contributed by atoms with E-state index in [4.69, 9.17) is 11.6 Å². The maximum atomic E-state index is 5.82. The fourth-order valence-electron chi connectivity index (χ4n) is 1.37. The zero-order valence-corrected chi connectivity index (χ0v) is 9.50. The number of rotatable bonds is 5. The van der Waals surface area contributed by atoms with Crippen molar-refractivity contribution in [3.8, 4) is 0 Å². The van der Waals surface area contributed by atoms with Gasteiger partial charge in [-0.15, -0.1) is 13.2 Å². The van der Waals surface area contributed by atoms with Crippen molar-refractivity contribution >= 4 is 17.7 Å². The average Bonchev–Trinajstić information content (AvgIpc) is 2.22. The summed E-state index contributed by atoms with van der Waals surface area (Å²) < 4.78 is 0. The van der Waals surface area contributed by atoms with E-state index < -0.39 is 0 Å². The predicted molar refractivity (Wildman–Crippen MR) is 69.1 cm³/mol. The largest absolute Gasteiger partial charge is 0.103 e. The molecule has 0 aliphatic rings. The fourth-order valence-corrected chi connectivity index (χ4v) is 1.49. The van der Waals surface area contributed by atoms with E-state index in [9.17, 15) is 0 Å². The molecule has 0 spiro atoms. The van der Waals surface area contributed by atoms with Gasteiger partial charge in [-0.1, -0.05) is 47.5 Å². The fraction of sp³-hybridized carbons (Fsp3) is 0.143. The molecule has 0 radical (unpaired) electrons. The van der Waals surface area contributed by atoms with E-state index in [1.165, 1.54) is 5.57 Å². The number of hydrogen-bond donors (Lipinski definition) is 0. The maximum Gasteiger partial charge on any atom is 0.0406 e. The molecular weight excluding hydrogens is 204 g/mol. The van der Waals surface area contributed by atoms with Gasteiger partial charge in [0.15, 0.2) is 0 Å². The quantitative estimate of drug-likeness (QED) is 0.619. The highest BCUT2D eigenvalue weighted by Gasteiger charge is 1.94. The molecule has 0 unspecified atom stereocenters. The molecule has 0 fully saturated rings. The van der Waals surface area contributed by atoms with Crippen LogP contribution in [0.25, 0.3) is 6.08 Å². The van der Waals surface area contributed by atoms with E-state index >= 15 is 0 Å². The molecule has 1 aromatic rings. The molecule has 0 heterocycles. The minimum Gasteiger partial charge on any atom is -0.103 e. The van der Waals surface area contributed by atoms with Crippen LogP contribution in [-0.2, 0) is 0 Å². The lowest BCUT2D eigenvalue weighted by Gasteiger charge is -2.01. The van der Waals surface area contributed by atoms with Crippen LogP contribution in [-0.4, -0.2) is 0 Å². The minimum absolute atomic E-state index is 0.765. The molecule has 0 aliphatic carbocycles. The first-order chi connectivity index (χ1) is 7.26. The highest BCUT2D eigenvalue weighted by atomic mass is 35.5. The van der Waals surface area contributed by atoms with Crippen molar-refractivity contribution in [2.45, 2.75) is 12.8 Å². The van der Waals surface area contributed by atoms with Crippen molar-refractivity contribution in [2.75, 3.05) is 0 Å². The minimum atomic E-state index is 0.765. The second kappa shape index (κ2) is 6.26. The number of halogens is 1. The molecule has 0 saturated heterocycles. The third kappa shape index (κ3) is 4.18. The van der Waals surface area contributed by atoms with Crippen molar-refractivity contribution < 1.29 is 0 Å². The van der Waals surface area contributed by atoms with Crippen LogP contribution in [0.4, 0.5) is 0 Å². The monoisotopic (exact) mass is 218 g/mol. The molecule has 0 aliphatic heterocycles. The Bertz CT molecular complexity index is 345. The Balaban J connectivity index is 2.85. The lowest BCUT2D eigenvalue weighted by Crippen LogP contribution is -1.80. The number of allylic oxidation sites excluding steroid dienone is 3. The van der Waals surface area contributed by atoms with Gasteiger partial charge < -0.3 is 0 Å². The van der Waals surface area contributed by atoms with Crippen molar-refractivity contribution in [1.29, 1.82) is 0 Å². The predicted octanol–water partition coefficient (Wildman–Crippen LogP) is 4.88. The Kier molecular flexibility index (Phi) is 4.92. The summed E-state index contributed by atoms with van der Waals surface area (Å²) in [6.07, 6.45) is 7.76. The number of hydrogen-bond acceptors (Lipinski definition) is 0. The standard InChI is InChI=1S/C14H15Cl/c1-3-5-12(6-4-2)11-13-7-9-14(15)10-8-13/h3-4,7-11H,1-2,5-6H2. The molecule has 0 atom stereocenters. The Morgan fingerprint density at radius 1 is 1.07 bits per heavy atom. The maximum absolute atomic E-state index is 5.82. The summed E-state index contributed by atoms with van der Waals surface area (Å²) in [5, 5.41) is 0.765.